The standard InChI is InChI=1S/C25H21BrN4OS/c1-31-20-7-4-6-19(16-20)29-15-5-9-22(29)24-23(21-8-2-3-14-27-21)28-25(32)30(24)18-12-10-17(26)11-13-18/h2-16,23-24H,1H3,(H,28,32)/t23-,24-/m0/s1. The van der Waals surface area contributed by atoms with Crippen molar-refractivity contribution >= 4 is 38.9 Å². The number of ether oxygens (including phenoxy) is 1. The molecule has 32 heavy (non-hydrogen) atoms. The summed E-state index contributed by atoms with van der Waals surface area (Å²) in [5, 5.41) is 4.19. The second kappa shape index (κ2) is 8.76. The zero-order valence-electron chi connectivity index (χ0n) is 17.4. The van der Waals surface area contributed by atoms with Gasteiger partial charge in [-0.1, -0.05) is 28.1 Å². The van der Waals surface area contributed by atoms with Gasteiger partial charge >= 0.3 is 0 Å². The van der Waals surface area contributed by atoms with E-state index in [9.17, 15) is 0 Å². The van der Waals surface area contributed by atoms with E-state index in [-0.39, 0.29) is 12.1 Å². The number of nitrogens with one attached hydrogen (secondary N) is 1. The molecule has 5 rings (SSSR count). The van der Waals surface area contributed by atoms with E-state index in [0.717, 1.165) is 33.0 Å². The van der Waals surface area contributed by atoms with Crippen LogP contribution in [-0.4, -0.2) is 21.8 Å². The molecule has 160 valence electrons. The van der Waals surface area contributed by atoms with E-state index in [1.807, 2.05) is 54.7 Å². The molecule has 1 saturated heterocycles. The number of benzene rings is 2. The average molecular weight is 505 g/mol. The fraction of sp³-hybridized carbons (Fsp3) is 0.120. The van der Waals surface area contributed by atoms with Crippen molar-refractivity contribution in [3.05, 3.63) is 107 Å². The lowest BCUT2D eigenvalue weighted by Crippen LogP contribution is -2.30. The Morgan fingerprint density at radius 1 is 0.969 bits per heavy atom. The Kier molecular flexibility index (Phi) is 5.68. The minimum atomic E-state index is -0.105. The SMILES string of the molecule is COc1cccc(-n2cccc2[C@H]2[C@H](c3ccccn3)NC(=S)N2c2ccc(Br)cc2)c1. The number of methoxy groups -OCH3 is 1. The number of halogens is 1. The van der Waals surface area contributed by atoms with Gasteiger partial charge in [-0.25, -0.2) is 0 Å². The van der Waals surface area contributed by atoms with Gasteiger partial charge in [-0.15, -0.1) is 0 Å². The highest BCUT2D eigenvalue weighted by atomic mass is 79.9. The summed E-state index contributed by atoms with van der Waals surface area (Å²) in [6, 6.07) is 26.2. The van der Waals surface area contributed by atoms with E-state index in [0.29, 0.717) is 5.11 Å². The van der Waals surface area contributed by atoms with Crippen LogP contribution in [0.1, 0.15) is 23.5 Å². The maximum Gasteiger partial charge on any atom is 0.174 e. The first-order valence-corrected chi connectivity index (χ1v) is 11.4. The van der Waals surface area contributed by atoms with Crippen LogP contribution in [0.15, 0.2) is 95.7 Å². The fourth-order valence-electron chi connectivity index (χ4n) is 4.17. The molecule has 1 fully saturated rings. The largest absolute Gasteiger partial charge is 0.497 e. The molecule has 0 spiro atoms. The van der Waals surface area contributed by atoms with Crippen LogP contribution in [-0.2, 0) is 0 Å². The Morgan fingerprint density at radius 2 is 1.81 bits per heavy atom. The molecule has 1 N–H and O–H groups in total. The number of hydrogen-bond donors (Lipinski definition) is 1. The van der Waals surface area contributed by atoms with Gasteiger partial charge in [0.25, 0.3) is 0 Å². The second-order valence-electron chi connectivity index (χ2n) is 7.48. The molecule has 1 aliphatic heterocycles. The van der Waals surface area contributed by atoms with E-state index in [1.165, 1.54) is 0 Å². The number of nitrogens with zero attached hydrogens (tertiary/aromatic N) is 3. The Balaban J connectivity index is 1.66. The molecule has 5 nitrogen and oxygen atoms in total. The van der Waals surface area contributed by atoms with Crippen LogP contribution in [0.2, 0.25) is 0 Å². The van der Waals surface area contributed by atoms with E-state index >= 15 is 0 Å². The maximum absolute atomic E-state index is 5.83. The molecule has 0 radical (unpaired) electrons. The number of rotatable bonds is 5. The lowest BCUT2D eigenvalue weighted by atomic mass is 10.0. The Labute approximate surface area is 200 Å². The molecule has 2 aromatic carbocycles. The first-order valence-electron chi connectivity index (χ1n) is 10.2. The van der Waals surface area contributed by atoms with E-state index in [2.05, 4.69) is 72.2 Å². The molecule has 7 heteroatoms. The van der Waals surface area contributed by atoms with Crippen molar-refractivity contribution in [2.75, 3.05) is 12.0 Å². The van der Waals surface area contributed by atoms with E-state index in [1.54, 1.807) is 7.11 Å². The van der Waals surface area contributed by atoms with Gasteiger partial charge in [0.1, 0.15) is 11.8 Å². The van der Waals surface area contributed by atoms with E-state index in [4.69, 9.17) is 17.0 Å². The van der Waals surface area contributed by atoms with Crippen molar-refractivity contribution in [3.8, 4) is 11.4 Å². The van der Waals surface area contributed by atoms with Crippen LogP contribution >= 0.6 is 28.1 Å². The number of anilines is 1. The maximum atomic E-state index is 5.83. The van der Waals surface area contributed by atoms with Gasteiger partial charge in [-0.2, -0.15) is 0 Å². The van der Waals surface area contributed by atoms with Gasteiger partial charge < -0.3 is 19.5 Å². The first-order chi connectivity index (χ1) is 15.7. The third-order valence-electron chi connectivity index (χ3n) is 5.62. The normalized spacial score (nSPS) is 17.9. The molecule has 4 aromatic rings. The van der Waals surface area contributed by atoms with Crippen molar-refractivity contribution < 1.29 is 4.74 Å². The zero-order chi connectivity index (χ0) is 22.1. The summed E-state index contributed by atoms with van der Waals surface area (Å²) in [5.74, 6) is 0.813. The zero-order valence-corrected chi connectivity index (χ0v) is 19.8. The van der Waals surface area contributed by atoms with Crippen molar-refractivity contribution in [3.63, 3.8) is 0 Å². The Morgan fingerprint density at radius 3 is 2.56 bits per heavy atom. The van der Waals surface area contributed by atoms with Gasteiger partial charge in [0.05, 0.1) is 18.8 Å². The highest BCUT2D eigenvalue weighted by Gasteiger charge is 2.42. The summed E-state index contributed by atoms with van der Waals surface area (Å²) >= 11 is 9.36. The Hall–Kier alpha value is -3.16. The van der Waals surface area contributed by atoms with E-state index < -0.39 is 0 Å². The molecular weight excluding hydrogens is 484 g/mol. The summed E-state index contributed by atoms with van der Waals surface area (Å²) in [5.41, 5.74) is 4.09. The lowest BCUT2D eigenvalue weighted by molar-refractivity contribution is 0.414. The van der Waals surface area contributed by atoms with Gasteiger partial charge in [-0.05, 0) is 72.9 Å². The number of thiocarbonyl (C=S) groups is 1. The van der Waals surface area contributed by atoms with Crippen LogP contribution in [0.3, 0.4) is 0 Å². The number of hydrogen-bond acceptors (Lipinski definition) is 3. The highest BCUT2D eigenvalue weighted by Crippen LogP contribution is 2.42. The molecule has 3 heterocycles. The van der Waals surface area contributed by atoms with Crippen LogP contribution in [0, 0.1) is 0 Å². The monoisotopic (exact) mass is 504 g/mol. The predicted octanol–water partition coefficient (Wildman–Crippen LogP) is 5.82. The summed E-state index contributed by atoms with van der Waals surface area (Å²) in [7, 11) is 1.68. The van der Waals surface area contributed by atoms with Gasteiger partial charge in [0, 0.05) is 40.0 Å². The van der Waals surface area contributed by atoms with Gasteiger partial charge in [0.2, 0.25) is 0 Å². The smallest absolute Gasteiger partial charge is 0.174 e. The summed E-state index contributed by atoms with van der Waals surface area (Å²) in [6.45, 7) is 0. The predicted molar refractivity (Wildman–Crippen MR) is 134 cm³/mol. The first kappa shape index (κ1) is 20.7. The van der Waals surface area contributed by atoms with Crippen LogP contribution < -0.4 is 15.0 Å². The molecular formula is C25H21BrN4OS. The second-order valence-corrected chi connectivity index (χ2v) is 8.78. The molecule has 0 amide bonds. The van der Waals surface area contributed by atoms with Crippen LogP contribution in [0.25, 0.3) is 5.69 Å². The molecule has 2 atom stereocenters. The quantitative estimate of drug-likeness (QED) is 0.346. The number of aromatic nitrogens is 2. The third kappa shape index (κ3) is 3.78. The van der Waals surface area contributed by atoms with Gasteiger partial charge in [-0.3, -0.25) is 4.98 Å². The minimum Gasteiger partial charge on any atom is -0.497 e. The molecule has 0 unspecified atom stereocenters. The molecule has 1 aliphatic rings. The summed E-state index contributed by atoms with van der Waals surface area (Å²) < 4.78 is 8.67. The van der Waals surface area contributed by atoms with Crippen molar-refractivity contribution in [1.82, 2.24) is 14.9 Å². The van der Waals surface area contributed by atoms with Crippen molar-refractivity contribution in [2.45, 2.75) is 12.1 Å². The van der Waals surface area contributed by atoms with Crippen molar-refractivity contribution in [2.24, 2.45) is 0 Å². The molecule has 0 aliphatic carbocycles. The van der Waals surface area contributed by atoms with Crippen molar-refractivity contribution in [1.29, 1.82) is 0 Å². The molecule has 0 bridgehead atoms. The average Bonchev–Trinajstić information content (AvgIpc) is 3.44. The van der Waals surface area contributed by atoms with Gasteiger partial charge in [0.15, 0.2) is 5.11 Å². The van der Waals surface area contributed by atoms with Crippen LogP contribution in [0.5, 0.6) is 5.75 Å². The summed E-state index contributed by atoms with van der Waals surface area (Å²) in [6.07, 6.45) is 3.89. The van der Waals surface area contributed by atoms with Crippen LogP contribution in [0.4, 0.5) is 5.69 Å². The topological polar surface area (TPSA) is 42.3 Å². The summed E-state index contributed by atoms with van der Waals surface area (Å²) in [4.78, 5) is 6.82. The minimum absolute atomic E-state index is 0.0974. The Bertz CT molecular complexity index is 1240. The lowest BCUT2D eigenvalue weighted by Gasteiger charge is -2.29. The number of pyridine rings is 1. The third-order valence-corrected chi connectivity index (χ3v) is 6.46. The fourth-order valence-corrected chi connectivity index (χ4v) is 4.78. The highest BCUT2D eigenvalue weighted by molar-refractivity contribution is 9.10. The molecule has 0 saturated carbocycles. The molecule has 2 aromatic heterocycles.